The smallest absolute Gasteiger partial charge is 0.309 e. The fourth-order valence-electron chi connectivity index (χ4n) is 1.85. The number of hydrogen-bond donors (Lipinski definition) is 1. The number of ether oxygens (including phenoxy) is 2. The summed E-state index contributed by atoms with van der Waals surface area (Å²) in [4.78, 5) is 23.0. The zero-order chi connectivity index (χ0) is 16.7. The van der Waals surface area contributed by atoms with Crippen LogP contribution in [0.3, 0.4) is 0 Å². The number of halogens is 1. The second kappa shape index (κ2) is 8.52. The Kier molecular flexibility index (Phi) is 6.40. The number of anilines is 1. The molecular weight excluding hydrogens is 409 g/mol. The maximum absolute atomic E-state index is 11.8. The zero-order valence-corrected chi connectivity index (χ0v) is 14.7. The van der Waals surface area contributed by atoms with Gasteiger partial charge in [-0.25, -0.2) is 0 Å². The van der Waals surface area contributed by atoms with Gasteiger partial charge in [0.25, 0.3) is 5.91 Å². The molecule has 0 aliphatic carbocycles. The third kappa shape index (κ3) is 5.90. The van der Waals surface area contributed by atoms with Gasteiger partial charge in [-0.15, -0.1) is 0 Å². The average Bonchev–Trinajstić information content (AvgIpc) is 2.54. The molecule has 0 radical (unpaired) electrons. The van der Waals surface area contributed by atoms with Crippen molar-refractivity contribution in [3.05, 3.63) is 57.7 Å². The lowest BCUT2D eigenvalue weighted by Crippen LogP contribution is -2.20. The molecule has 6 heteroatoms. The van der Waals surface area contributed by atoms with E-state index in [0.717, 1.165) is 14.8 Å². The molecule has 0 spiro atoms. The largest absolute Gasteiger partial charge is 0.484 e. The molecule has 0 aromatic heterocycles. The van der Waals surface area contributed by atoms with E-state index in [-0.39, 0.29) is 24.9 Å². The number of carbonyl (C=O) groups excluding carboxylic acids is 2. The Hall–Kier alpha value is -2.09. The Bertz CT molecular complexity index is 685. The van der Waals surface area contributed by atoms with Gasteiger partial charge in [0, 0.05) is 9.26 Å². The van der Waals surface area contributed by atoms with Gasteiger partial charge in [0.1, 0.15) is 5.75 Å². The molecule has 0 aliphatic rings. The van der Waals surface area contributed by atoms with Gasteiger partial charge < -0.3 is 14.8 Å². The molecule has 2 aromatic carbocycles. The second-order valence-electron chi connectivity index (χ2n) is 4.74. The summed E-state index contributed by atoms with van der Waals surface area (Å²) in [6, 6.07) is 14.5. The normalized spacial score (nSPS) is 10.0. The van der Waals surface area contributed by atoms with Crippen molar-refractivity contribution in [2.75, 3.05) is 19.0 Å². The lowest BCUT2D eigenvalue weighted by molar-refractivity contribution is -0.139. The topological polar surface area (TPSA) is 64.6 Å². The molecule has 0 fully saturated rings. The van der Waals surface area contributed by atoms with Gasteiger partial charge in [-0.05, 0) is 58.5 Å². The van der Waals surface area contributed by atoms with Crippen LogP contribution in [0, 0.1) is 3.57 Å². The quantitative estimate of drug-likeness (QED) is 0.571. The van der Waals surface area contributed by atoms with Crippen LogP contribution < -0.4 is 10.1 Å². The predicted octanol–water partition coefficient (Wildman–Crippen LogP) is 3.02. The molecule has 1 amide bonds. The van der Waals surface area contributed by atoms with E-state index in [4.69, 9.17) is 4.74 Å². The van der Waals surface area contributed by atoms with E-state index >= 15 is 0 Å². The van der Waals surface area contributed by atoms with Crippen molar-refractivity contribution in [3.8, 4) is 5.75 Å². The number of esters is 1. The minimum absolute atomic E-state index is 0.0815. The summed E-state index contributed by atoms with van der Waals surface area (Å²) < 4.78 is 11.1. The Morgan fingerprint density at radius 2 is 1.87 bits per heavy atom. The number of carbonyl (C=O) groups is 2. The standard InChI is InChI=1S/C17H16INO4/c1-22-17(21)9-12-5-7-15(8-6-12)23-11-16(20)19-14-4-2-3-13(18)10-14/h2-8,10H,9,11H2,1H3,(H,19,20). The molecule has 0 heterocycles. The van der Waals surface area contributed by atoms with E-state index in [1.54, 1.807) is 24.3 Å². The van der Waals surface area contributed by atoms with Crippen molar-refractivity contribution in [3.63, 3.8) is 0 Å². The van der Waals surface area contributed by atoms with Gasteiger partial charge in [0.2, 0.25) is 0 Å². The van der Waals surface area contributed by atoms with Gasteiger partial charge >= 0.3 is 5.97 Å². The summed E-state index contributed by atoms with van der Waals surface area (Å²) in [7, 11) is 1.35. The summed E-state index contributed by atoms with van der Waals surface area (Å²) in [5.41, 5.74) is 1.56. The summed E-state index contributed by atoms with van der Waals surface area (Å²) >= 11 is 2.18. The summed E-state index contributed by atoms with van der Waals surface area (Å²) in [6.07, 6.45) is 0.212. The van der Waals surface area contributed by atoms with Gasteiger partial charge in [-0.2, -0.15) is 0 Å². The number of rotatable bonds is 6. The maximum atomic E-state index is 11.8. The van der Waals surface area contributed by atoms with Crippen LogP contribution in [0.25, 0.3) is 0 Å². The van der Waals surface area contributed by atoms with Crippen LogP contribution in [0.2, 0.25) is 0 Å². The van der Waals surface area contributed by atoms with Crippen LogP contribution in [0.15, 0.2) is 48.5 Å². The number of benzene rings is 2. The molecule has 0 unspecified atom stereocenters. The van der Waals surface area contributed by atoms with Crippen LogP contribution in [0.1, 0.15) is 5.56 Å². The van der Waals surface area contributed by atoms with Crippen molar-refractivity contribution in [2.45, 2.75) is 6.42 Å². The zero-order valence-electron chi connectivity index (χ0n) is 12.5. The summed E-state index contributed by atoms with van der Waals surface area (Å²) in [6.45, 7) is -0.0815. The molecule has 1 N–H and O–H groups in total. The number of nitrogens with one attached hydrogen (secondary N) is 1. The molecular formula is C17H16INO4. The number of hydrogen-bond acceptors (Lipinski definition) is 4. The van der Waals surface area contributed by atoms with Crippen molar-refractivity contribution in [1.29, 1.82) is 0 Å². The third-order valence-electron chi connectivity index (χ3n) is 2.98. The summed E-state index contributed by atoms with van der Waals surface area (Å²) in [5.74, 6) is 0.0394. The highest BCUT2D eigenvalue weighted by molar-refractivity contribution is 14.1. The van der Waals surface area contributed by atoms with E-state index < -0.39 is 0 Å². The highest BCUT2D eigenvalue weighted by Gasteiger charge is 2.06. The first kappa shape index (κ1) is 17.3. The van der Waals surface area contributed by atoms with E-state index in [1.807, 2.05) is 24.3 Å². The van der Waals surface area contributed by atoms with E-state index in [2.05, 4.69) is 32.6 Å². The monoisotopic (exact) mass is 425 g/mol. The molecule has 5 nitrogen and oxygen atoms in total. The molecule has 0 aliphatic heterocycles. The highest BCUT2D eigenvalue weighted by atomic mass is 127. The third-order valence-corrected chi connectivity index (χ3v) is 3.65. The van der Waals surface area contributed by atoms with E-state index in [1.165, 1.54) is 7.11 Å². The summed E-state index contributed by atoms with van der Waals surface area (Å²) in [5, 5.41) is 2.77. The van der Waals surface area contributed by atoms with Crippen LogP contribution >= 0.6 is 22.6 Å². The lowest BCUT2D eigenvalue weighted by Gasteiger charge is -2.08. The lowest BCUT2D eigenvalue weighted by atomic mass is 10.1. The fourth-order valence-corrected chi connectivity index (χ4v) is 2.40. The van der Waals surface area contributed by atoms with Crippen LogP contribution in [-0.4, -0.2) is 25.6 Å². The molecule has 23 heavy (non-hydrogen) atoms. The Morgan fingerprint density at radius 1 is 1.13 bits per heavy atom. The number of amides is 1. The fraction of sp³-hybridized carbons (Fsp3) is 0.176. The Labute approximate surface area is 148 Å². The van der Waals surface area contributed by atoms with Crippen LogP contribution in [-0.2, 0) is 20.7 Å². The first-order valence-corrected chi connectivity index (χ1v) is 7.98. The SMILES string of the molecule is COC(=O)Cc1ccc(OCC(=O)Nc2cccc(I)c2)cc1. The number of methoxy groups -OCH3 is 1. The van der Waals surface area contributed by atoms with Crippen LogP contribution in [0.4, 0.5) is 5.69 Å². The highest BCUT2D eigenvalue weighted by Crippen LogP contribution is 2.14. The van der Waals surface area contributed by atoms with Crippen molar-refractivity contribution in [2.24, 2.45) is 0 Å². The van der Waals surface area contributed by atoms with E-state index in [0.29, 0.717) is 5.75 Å². The molecule has 0 atom stereocenters. The molecule has 2 rings (SSSR count). The Balaban J connectivity index is 1.83. The van der Waals surface area contributed by atoms with Crippen molar-refractivity contribution < 1.29 is 19.1 Å². The minimum Gasteiger partial charge on any atom is -0.484 e. The first-order valence-electron chi connectivity index (χ1n) is 6.91. The molecule has 2 aromatic rings. The second-order valence-corrected chi connectivity index (χ2v) is 5.99. The maximum Gasteiger partial charge on any atom is 0.309 e. The molecule has 0 saturated carbocycles. The predicted molar refractivity (Wildman–Crippen MR) is 95.4 cm³/mol. The van der Waals surface area contributed by atoms with Gasteiger partial charge in [-0.3, -0.25) is 9.59 Å². The molecule has 0 bridgehead atoms. The molecule has 120 valence electrons. The van der Waals surface area contributed by atoms with Crippen molar-refractivity contribution in [1.82, 2.24) is 0 Å². The molecule has 0 saturated heterocycles. The minimum atomic E-state index is -0.296. The van der Waals surface area contributed by atoms with Crippen molar-refractivity contribution >= 4 is 40.2 Å². The van der Waals surface area contributed by atoms with Crippen LogP contribution in [0.5, 0.6) is 5.75 Å². The van der Waals surface area contributed by atoms with Gasteiger partial charge in [-0.1, -0.05) is 18.2 Å². The van der Waals surface area contributed by atoms with Gasteiger partial charge in [0.15, 0.2) is 6.61 Å². The average molecular weight is 425 g/mol. The Morgan fingerprint density at radius 3 is 2.52 bits per heavy atom. The van der Waals surface area contributed by atoms with E-state index in [9.17, 15) is 9.59 Å². The first-order chi connectivity index (χ1) is 11.1. The van der Waals surface area contributed by atoms with Gasteiger partial charge in [0.05, 0.1) is 13.5 Å².